The number of nitrogens with zero attached hydrogens (tertiary/aromatic N) is 1. The molecule has 166 valence electrons. The van der Waals surface area contributed by atoms with Gasteiger partial charge in [-0.05, 0) is 54.6 Å². The fourth-order valence-electron chi connectivity index (χ4n) is 7.35. The number of hydrogen-bond donors (Lipinski definition) is 0. The summed E-state index contributed by atoms with van der Waals surface area (Å²) in [7, 11) is 1.65. The van der Waals surface area contributed by atoms with Gasteiger partial charge in [0.25, 0.3) is 0 Å². The van der Waals surface area contributed by atoms with Crippen LogP contribution in [0.25, 0.3) is 0 Å². The molecule has 6 atom stereocenters. The minimum atomic E-state index is -0.467. The van der Waals surface area contributed by atoms with Gasteiger partial charge in [-0.15, -0.1) is 0 Å². The number of Topliss-reactive ketones (excluding diaryl/α,β-unsaturated/α-hetero) is 2. The van der Waals surface area contributed by atoms with Gasteiger partial charge in [0, 0.05) is 42.6 Å². The standard InChI is InChI=1S/C25H31NO5/c1-14(27)31-13-22(29)19-6-5-18-17-9-15(12-26)20-10-16(30-4)7-8-24(20,2)23(17)21(28)11-25(18,19)3/h10,17-19,23H,5-9,11,13H2,1-4H3. The number of rotatable bonds is 4. The van der Waals surface area contributed by atoms with E-state index in [1.54, 1.807) is 7.11 Å². The lowest BCUT2D eigenvalue weighted by molar-refractivity contribution is -0.152. The zero-order valence-electron chi connectivity index (χ0n) is 18.8. The highest BCUT2D eigenvalue weighted by Gasteiger charge is 2.63. The first kappa shape index (κ1) is 21.8. The van der Waals surface area contributed by atoms with E-state index in [1.165, 1.54) is 6.92 Å². The van der Waals surface area contributed by atoms with Crippen molar-refractivity contribution in [1.82, 2.24) is 0 Å². The van der Waals surface area contributed by atoms with Gasteiger partial charge in [0.05, 0.1) is 18.9 Å². The second-order valence-electron chi connectivity index (χ2n) is 10.2. The van der Waals surface area contributed by atoms with E-state index in [0.29, 0.717) is 19.3 Å². The first-order valence-corrected chi connectivity index (χ1v) is 11.2. The Labute approximate surface area is 183 Å². The molecule has 2 saturated carbocycles. The molecule has 0 amide bonds. The lowest BCUT2D eigenvalue weighted by atomic mass is 9.46. The maximum atomic E-state index is 13.7. The highest BCUT2D eigenvalue weighted by Crippen LogP contribution is 2.66. The molecule has 0 aromatic carbocycles. The number of ether oxygens (including phenoxy) is 2. The smallest absolute Gasteiger partial charge is 0.303 e. The molecule has 2 fully saturated rings. The van der Waals surface area contributed by atoms with Crippen LogP contribution in [0.2, 0.25) is 0 Å². The van der Waals surface area contributed by atoms with Gasteiger partial charge in [0.15, 0.2) is 5.78 Å². The molecule has 4 aliphatic rings. The molecule has 0 radical (unpaired) electrons. The van der Waals surface area contributed by atoms with Gasteiger partial charge in [-0.1, -0.05) is 13.8 Å². The number of fused-ring (bicyclic) bond motifs is 5. The van der Waals surface area contributed by atoms with Gasteiger partial charge in [0.2, 0.25) is 0 Å². The Kier molecular flexibility index (Phi) is 5.36. The zero-order chi connectivity index (χ0) is 22.6. The van der Waals surface area contributed by atoms with E-state index >= 15 is 0 Å². The summed E-state index contributed by atoms with van der Waals surface area (Å²) in [6.45, 7) is 5.27. The molecular weight excluding hydrogens is 394 g/mol. The summed E-state index contributed by atoms with van der Waals surface area (Å²) in [4.78, 5) is 37.7. The minimum absolute atomic E-state index is 0.0682. The summed E-state index contributed by atoms with van der Waals surface area (Å²) in [6, 6.07) is 2.42. The summed E-state index contributed by atoms with van der Waals surface area (Å²) >= 11 is 0. The molecule has 6 heteroatoms. The quantitative estimate of drug-likeness (QED) is 0.634. The van der Waals surface area contributed by atoms with Crippen LogP contribution in [0.4, 0.5) is 0 Å². The normalized spacial score (nSPS) is 38.9. The molecule has 6 nitrogen and oxygen atoms in total. The second kappa shape index (κ2) is 7.62. The van der Waals surface area contributed by atoms with E-state index in [-0.39, 0.29) is 47.3 Å². The number of carbonyl (C=O) groups is 3. The molecule has 0 aromatic rings. The van der Waals surface area contributed by atoms with Crippen molar-refractivity contribution in [2.75, 3.05) is 13.7 Å². The van der Waals surface area contributed by atoms with Crippen LogP contribution >= 0.6 is 0 Å². The van der Waals surface area contributed by atoms with E-state index < -0.39 is 11.4 Å². The predicted molar refractivity (Wildman–Crippen MR) is 112 cm³/mol. The molecule has 0 aliphatic heterocycles. The van der Waals surface area contributed by atoms with Gasteiger partial charge < -0.3 is 9.47 Å². The van der Waals surface area contributed by atoms with Gasteiger partial charge in [0.1, 0.15) is 12.4 Å². The number of esters is 1. The van der Waals surface area contributed by atoms with Crippen LogP contribution in [0.1, 0.15) is 59.3 Å². The van der Waals surface area contributed by atoms with Gasteiger partial charge >= 0.3 is 5.97 Å². The Hall–Kier alpha value is -2.42. The van der Waals surface area contributed by atoms with Crippen LogP contribution < -0.4 is 0 Å². The van der Waals surface area contributed by atoms with E-state index in [9.17, 15) is 19.6 Å². The molecule has 0 aromatic heterocycles. The summed E-state index contributed by atoms with van der Waals surface area (Å²) < 4.78 is 10.4. The van der Waals surface area contributed by atoms with Gasteiger partial charge in [-0.25, -0.2) is 0 Å². The number of nitriles is 1. The summed E-state index contributed by atoms with van der Waals surface area (Å²) in [5, 5.41) is 9.96. The topological polar surface area (TPSA) is 93.5 Å². The SMILES string of the molecule is COC1=CC2=C(C#N)CC3C(C(=O)CC4(C)C(C(=O)COC(C)=O)CCC34)C2(C)CC1. The maximum absolute atomic E-state index is 13.7. The molecule has 0 spiro atoms. The highest BCUT2D eigenvalue weighted by atomic mass is 16.5. The lowest BCUT2D eigenvalue weighted by Crippen LogP contribution is -2.55. The van der Waals surface area contributed by atoms with Crippen LogP contribution in [-0.4, -0.2) is 31.3 Å². The first-order chi connectivity index (χ1) is 14.7. The van der Waals surface area contributed by atoms with Crippen molar-refractivity contribution >= 4 is 17.5 Å². The number of ketones is 2. The van der Waals surface area contributed by atoms with Crippen molar-refractivity contribution in [2.45, 2.75) is 59.3 Å². The van der Waals surface area contributed by atoms with Gasteiger partial charge in [-0.2, -0.15) is 5.26 Å². The number of carbonyl (C=O) groups excluding carboxylic acids is 3. The Balaban J connectivity index is 1.70. The molecule has 4 rings (SSSR count). The highest BCUT2D eigenvalue weighted by molar-refractivity contribution is 5.89. The van der Waals surface area contributed by atoms with Crippen molar-refractivity contribution in [2.24, 2.45) is 34.5 Å². The Morgan fingerprint density at radius 1 is 1.29 bits per heavy atom. The fourth-order valence-corrected chi connectivity index (χ4v) is 7.35. The van der Waals surface area contributed by atoms with Crippen molar-refractivity contribution in [3.8, 4) is 6.07 Å². The zero-order valence-corrected chi connectivity index (χ0v) is 18.8. The summed E-state index contributed by atoms with van der Waals surface area (Å²) in [5.74, 6) is 0.382. The van der Waals surface area contributed by atoms with E-state index in [1.807, 2.05) is 6.08 Å². The Morgan fingerprint density at radius 2 is 2.03 bits per heavy atom. The molecule has 0 N–H and O–H groups in total. The first-order valence-electron chi connectivity index (χ1n) is 11.2. The maximum Gasteiger partial charge on any atom is 0.303 e. The summed E-state index contributed by atoms with van der Waals surface area (Å²) in [6.07, 6.45) is 6.07. The van der Waals surface area contributed by atoms with Crippen LogP contribution in [0.3, 0.4) is 0 Å². The predicted octanol–water partition coefficient (Wildman–Crippen LogP) is 3.91. The van der Waals surface area contributed by atoms with Gasteiger partial charge in [-0.3, -0.25) is 14.4 Å². The molecule has 4 aliphatic carbocycles. The monoisotopic (exact) mass is 425 g/mol. The van der Waals surface area contributed by atoms with Crippen molar-refractivity contribution in [3.05, 3.63) is 23.0 Å². The van der Waals surface area contributed by atoms with Crippen molar-refractivity contribution < 1.29 is 23.9 Å². The van der Waals surface area contributed by atoms with Crippen LogP contribution in [-0.2, 0) is 23.9 Å². The van der Waals surface area contributed by atoms with Crippen molar-refractivity contribution in [3.63, 3.8) is 0 Å². The van der Waals surface area contributed by atoms with E-state index in [4.69, 9.17) is 9.47 Å². The Bertz CT molecular complexity index is 940. The minimum Gasteiger partial charge on any atom is -0.501 e. The fraction of sp³-hybridized carbons (Fsp3) is 0.680. The molecule has 0 saturated heterocycles. The van der Waals surface area contributed by atoms with E-state index in [2.05, 4.69) is 19.9 Å². The molecule has 0 bridgehead atoms. The second-order valence-corrected chi connectivity index (χ2v) is 10.2. The summed E-state index contributed by atoms with van der Waals surface area (Å²) in [5.41, 5.74) is 0.918. The molecule has 0 heterocycles. The van der Waals surface area contributed by atoms with Crippen LogP contribution in [0.15, 0.2) is 23.0 Å². The largest absolute Gasteiger partial charge is 0.501 e. The average molecular weight is 426 g/mol. The third kappa shape index (κ3) is 3.24. The van der Waals surface area contributed by atoms with Crippen LogP contribution in [0, 0.1) is 45.8 Å². The number of allylic oxidation sites excluding steroid dienone is 4. The van der Waals surface area contributed by atoms with Crippen molar-refractivity contribution in [1.29, 1.82) is 5.26 Å². The average Bonchev–Trinajstić information content (AvgIpc) is 3.07. The molecular formula is C25H31NO5. The van der Waals surface area contributed by atoms with E-state index in [0.717, 1.165) is 36.2 Å². The third-order valence-electron chi connectivity index (χ3n) is 8.72. The van der Waals surface area contributed by atoms with Crippen LogP contribution in [0.5, 0.6) is 0 Å². The molecule has 31 heavy (non-hydrogen) atoms. The lowest BCUT2D eigenvalue weighted by Gasteiger charge is -2.56. The number of hydrogen-bond acceptors (Lipinski definition) is 6. The molecule has 6 unspecified atom stereocenters. The Morgan fingerprint density at radius 3 is 2.68 bits per heavy atom. The third-order valence-corrected chi connectivity index (χ3v) is 8.72. The number of methoxy groups -OCH3 is 1.